The number of rotatable bonds is 3. The number of hydrogen-bond donors (Lipinski definition) is 0. The van der Waals surface area contributed by atoms with Crippen molar-refractivity contribution in [2.24, 2.45) is 10.8 Å². The van der Waals surface area contributed by atoms with Crippen LogP contribution >= 0.6 is 0 Å². The Balaban J connectivity index is 0.00000106. The summed E-state index contributed by atoms with van der Waals surface area (Å²) in [6.07, 6.45) is 8.60. The first-order valence-corrected chi connectivity index (χ1v) is 6.67. The van der Waals surface area contributed by atoms with Crippen LogP contribution in [-0.2, 0) is 0 Å². The topological polar surface area (TPSA) is 0 Å². The van der Waals surface area contributed by atoms with Crippen LogP contribution in [0.2, 0.25) is 0 Å². The van der Waals surface area contributed by atoms with Crippen molar-refractivity contribution in [3.63, 3.8) is 0 Å². The third kappa shape index (κ3) is 4.55. The highest BCUT2D eigenvalue weighted by molar-refractivity contribution is 5.03. The Morgan fingerprint density at radius 3 is 2.25 bits per heavy atom. The molecule has 0 nitrogen and oxygen atoms in total. The van der Waals surface area contributed by atoms with Crippen molar-refractivity contribution in [2.45, 2.75) is 66.7 Å². The Morgan fingerprint density at radius 1 is 1.25 bits per heavy atom. The molecule has 2 atom stereocenters. The predicted octanol–water partition coefficient (Wildman–Crippen LogP) is 5.75. The van der Waals surface area contributed by atoms with Crippen LogP contribution in [0.4, 0.5) is 0 Å². The SMILES string of the molecule is C=C[C@]1(C)CCC[C@](C)(CC(=C)C)C1.CC. The van der Waals surface area contributed by atoms with Crippen molar-refractivity contribution in [3.8, 4) is 0 Å². The molecular formula is C16H30. The van der Waals surface area contributed by atoms with Crippen LogP contribution in [0.1, 0.15) is 66.7 Å². The van der Waals surface area contributed by atoms with E-state index in [2.05, 4.69) is 40.0 Å². The second kappa shape index (κ2) is 6.27. The lowest BCUT2D eigenvalue weighted by Crippen LogP contribution is -2.31. The first-order valence-electron chi connectivity index (χ1n) is 6.67. The van der Waals surface area contributed by atoms with Crippen LogP contribution < -0.4 is 0 Å². The molecule has 0 aliphatic heterocycles. The Kier molecular flexibility index (Phi) is 6.07. The van der Waals surface area contributed by atoms with Crippen LogP contribution in [0.3, 0.4) is 0 Å². The van der Waals surface area contributed by atoms with Gasteiger partial charge in [0.2, 0.25) is 0 Å². The minimum Gasteiger partial charge on any atom is -0.103 e. The van der Waals surface area contributed by atoms with Gasteiger partial charge in [0.05, 0.1) is 0 Å². The monoisotopic (exact) mass is 222 g/mol. The van der Waals surface area contributed by atoms with E-state index in [1.165, 1.54) is 37.7 Å². The molecule has 0 saturated heterocycles. The van der Waals surface area contributed by atoms with Crippen LogP contribution in [-0.4, -0.2) is 0 Å². The number of hydrogen-bond acceptors (Lipinski definition) is 0. The minimum atomic E-state index is 0.364. The first kappa shape index (κ1) is 15.5. The van der Waals surface area contributed by atoms with Gasteiger partial charge in [-0.15, -0.1) is 13.2 Å². The maximum atomic E-state index is 4.04. The zero-order valence-electron chi connectivity index (χ0n) is 12.0. The molecule has 0 heterocycles. The molecule has 1 aliphatic rings. The molecule has 0 aromatic heterocycles. The van der Waals surface area contributed by atoms with Crippen molar-refractivity contribution >= 4 is 0 Å². The lowest BCUT2D eigenvalue weighted by Gasteiger charge is -2.43. The van der Waals surface area contributed by atoms with E-state index in [1.807, 2.05) is 13.8 Å². The van der Waals surface area contributed by atoms with E-state index in [9.17, 15) is 0 Å². The molecule has 0 bridgehead atoms. The largest absolute Gasteiger partial charge is 0.103 e. The van der Waals surface area contributed by atoms with Gasteiger partial charge in [-0.05, 0) is 43.4 Å². The van der Waals surface area contributed by atoms with E-state index in [0.29, 0.717) is 10.8 Å². The lowest BCUT2D eigenvalue weighted by atomic mass is 9.62. The van der Waals surface area contributed by atoms with Crippen LogP contribution in [0.5, 0.6) is 0 Å². The Bertz CT molecular complexity index is 238. The van der Waals surface area contributed by atoms with Gasteiger partial charge in [0.15, 0.2) is 0 Å². The molecule has 0 aromatic carbocycles. The molecule has 0 heteroatoms. The highest BCUT2D eigenvalue weighted by atomic mass is 14.4. The van der Waals surface area contributed by atoms with Crippen molar-refractivity contribution in [1.82, 2.24) is 0 Å². The molecule has 1 saturated carbocycles. The van der Waals surface area contributed by atoms with Gasteiger partial charge in [0.25, 0.3) is 0 Å². The molecule has 0 radical (unpaired) electrons. The van der Waals surface area contributed by atoms with E-state index in [0.717, 1.165) is 0 Å². The fourth-order valence-corrected chi connectivity index (χ4v) is 3.12. The molecule has 1 aliphatic carbocycles. The molecule has 1 fully saturated rings. The maximum absolute atomic E-state index is 4.04. The second-order valence-corrected chi connectivity index (χ2v) is 5.83. The van der Waals surface area contributed by atoms with E-state index in [1.54, 1.807) is 0 Å². The second-order valence-electron chi connectivity index (χ2n) is 5.83. The van der Waals surface area contributed by atoms with Crippen molar-refractivity contribution < 1.29 is 0 Å². The van der Waals surface area contributed by atoms with Gasteiger partial charge in [0, 0.05) is 0 Å². The van der Waals surface area contributed by atoms with Gasteiger partial charge in [-0.25, -0.2) is 0 Å². The molecular weight excluding hydrogens is 192 g/mol. The summed E-state index contributed by atoms with van der Waals surface area (Å²) in [6.45, 7) is 18.9. The molecule has 16 heavy (non-hydrogen) atoms. The van der Waals surface area contributed by atoms with Gasteiger partial charge >= 0.3 is 0 Å². The summed E-state index contributed by atoms with van der Waals surface area (Å²) in [6, 6.07) is 0. The average Bonchev–Trinajstić information content (AvgIpc) is 2.18. The fraction of sp³-hybridized carbons (Fsp3) is 0.750. The predicted molar refractivity (Wildman–Crippen MR) is 75.7 cm³/mol. The summed E-state index contributed by atoms with van der Waals surface area (Å²) in [7, 11) is 0. The smallest absolute Gasteiger partial charge is 0.0144 e. The van der Waals surface area contributed by atoms with Gasteiger partial charge < -0.3 is 0 Å². The summed E-state index contributed by atoms with van der Waals surface area (Å²) < 4.78 is 0. The molecule has 0 aromatic rings. The minimum absolute atomic E-state index is 0.364. The Labute approximate surface area is 103 Å². The molecule has 0 unspecified atom stereocenters. The highest BCUT2D eigenvalue weighted by Crippen LogP contribution is 2.49. The van der Waals surface area contributed by atoms with Gasteiger partial charge in [-0.2, -0.15) is 0 Å². The van der Waals surface area contributed by atoms with Crippen LogP contribution in [0.25, 0.3) is 0 Å². The summed E-state index contributed by atoms with van der Waals surface area (Å²) >= 11 is 0. The summed E-state index contributed by atoms with van der Waals surface area (Å²) in [5, 5.41) is 0. The van der Waals surface area contributed by atoms with Crippen molar-refractivity contribution in [1.29, 1.82) is 0 Å². The zero-order chi connectivity index (χ0) is 12.8. The van der Waals surface area contributed by atoms with Crippen molar-refractivity contribution in [2.75, 3.05) is 0 Å². The molecule has 1 rings (SSSR count). The standard InChI is InChI=1S/C14H24.C2H6/c1-6-13(4)8-7-9-14(5,11-13)10-12(2)3;1-2/h6H,1-2,7-11H2,3-5H3;1-2H3/t13-,14-;/m1./s1. The van der Waals surface area contributed by atoms with Gasteiger partial charge in [-0.3, -0.25) is 0 Å². The molecule has 0 spiro atoms. The Hall–Kier alpha value is -0.520. The lowest BCUT2D eigenvalue weighted by molar-refractivity contribution is 0.121. The average molecular weight is 222 g/mol. The normalized spacial score (nSPS) is 33.6. The summed E-state index contributed by atoms with van der Waals surface area (Å²) in [5.74, 6) is 0. The quantitative estimate of drug-likeness (QED) is 0.533. The third-order valence-electron chi connectivity index (χ3n) is 3.58. The van der Waals surface area contributed by atoms with E-state index >= 15 is 0 Å². The fourth-order valence-electron chi connectivity index (χ4n) is 3.12. The molecule has 0 amide bonds. The number of allylic oxidation sites excluding steroid dienone is 2. The Morgan fingerprint density at radius 2 is 1.81 bits per heavy atom. The zero-order valence-corrected chi connectivity index (χ0v) is 12.0. The van der Waals surface area contributed by atoms with E-state index in [4.69, 9.17) is 0 Å². The highest BCUT2D eigenvalue weighted by Gasteiger charge is 2.37. The third-order valence-corrected chi connectivity index (χ3v) is 3.58. The summed E-state index contributed by atoms with van der Waals surface area (Å²) in [5.41, 5.74) is 2.15. The molecule has 0 N–H and O–H groups in total. The van der Waals surface area contributed by atoms with Gasteiger partial charge in [-0.1, -0.05) is 45.8 Å². The summed E-state index contributed by atoms with van der Waals surface area (Å²) in [4.78, 5) is 0. The first-order chi connectivity index (χ1) is 7.39. The van der Waals surface area contributed by atoms with E-state index in [-0.39, 0.29) is 0 Å². The van der Waals surface area contributed by atoms with Gasteiger partial charge in [0.1, 0.15) is 0 Å². The van der Waals surface area contributed by atoms with E-state index < -0.39 is 0 Å². The van der Waals surface area contributed by atoms with Crippen molar-refractivity contribution in [3.05, 3.63) is 24.8 Å². The van der Waals surface area contributed by atoms with Crippen LogP contribution in [0, 0.1) is 10.8 Å². The van der Waals surface area contributed by atoms with Crippen LogP contribution in [0.15, 0.2) is 24.8 Å². The molecule has 94 valence electrons. The maximum Gasteiger partial charge on any atom is -0.0144 e.